The summed E-state index contributed by atoms with van der Waals surface area (Å²) in [4.78, 5) is 13.0. The van der Waals surface area contributed by atoms with Gasteiger partial charge in [-0.1, -0.05) is 0 Å². The first-order valence-corrected chi connectivity index (χ1v) is 5.08. The van der Waals surface area contributed by atoms with Gasteiger partial charge in [0, 0.05) is 19.7 Å². The molecule has 1 amide bonds. The molecule has 16 heavy (non-hydrogen) atoms. The minimum Gasteiger partial charge on any atom is -0.492 e. The Labute approximate surface area is 93.7 Å². The summed E-state index contributed by atoms with van der Waals surface area (Å²) in [5, 5.41) is 0. The third kappa shape index (κ3) is 1.94. The number of hydrogen-bond donors (Lipinski definition) is 1. The number of rotatable bonds is 3. The molecular formula is C11H14N2O3. The van der Waals surface area contributed by atoms with Crippen LogP contribution in [0.5, 0.6) is 11.5 Å². The van der Waals surface area contributed by atoms with Crippen LogP contribution >= 0.6 is 0 Å². The zero-order valence-electron chi connectivity index (χ0n) is 9.10. The number of ether oxygens (including phenoxy) is 2. The predicted octanol–water partition coefficient (Wildman–Crippen LogP) is 0.379. The normalized spacial score (nSPS) is 14.4. The van der Waals surface area contributed by atoms with Gasteiger partial charge < -0.3 is 20.1 Å². The molecule has 5 heteroatoms. The fourth-order valence-corrected chi connectivity index (χ4v) is 1.52. The van der Waals surface area contributed by atoms with Gasteiger partial charge in [0.2, 0.25) is 0 Å². The highest BCUT2D eigenvalue weighted by molar-refractivity contribution is 5.97. The molecule has 1 aliphatic rings. The van der Waals surface area contributed by atoms with Crippen LogP contribution < -0.4 is 20.1 Å². The lowest BCUT2D eigenvalue weighted by molar-refractivity contribution is -0.120. The predicted molar refractivity (Wildman–Crippen MR) is 59.9 cm³/mol. The van der Waals surface area contributed by atoms with Gasteiger partial charge >= 0.3 is 0 Å². The van der Waals surface area contributed by atoms with Gasteiger partial charge in [-0.15, -0.1) is 0 Å². The Bertz CT molecular complexity index is 406. The molecule has 0 bridgehead atoms. The molecule has 0 atom stereocenters. The summed E-state index contributed by atoms with van der Waals surface area (Å²) >= 11 is 0. The van der Waals surface area contributed by atoms with Crippen molar-refractivity contribution in [3.8, 4) is 11.5 Å². The van der Waals surface area contributed by atoms with Crippen LogP contribution in [0.1, 0.15) is 0 Å². The first-order valence-electron chi connectivity index (χ1n) is 5.08. The molecule has 0 saturated carbocycles. The van der Waals surface area contributed by atoms with Gasteiger partial charge in [-0.2, -0.15) is 0 Å². The molecule has 0 aromatic heterocycles. The van der Waals surface area contributed by atoms with E-state index in [-0.39, 0.29) is 12.5 Å². The van der Waals surface area contributed by atoms with Gasteiger partial charge in [-0.05, 0) is 12.1 Å². The molecule has 2 rings (SSSR count). The first-order chi connectivity index (χ1) is 7.72. The zero-order chi connectivity index (χ0) is 11.5. The van der Waals surface area contributed by atoms with Gasteiger partial charge in [0.15, 0.2) is 6.61 Å². The second-order valence-electron chi connectivity index (χ2n) is 3.51. The van der Waals surface area contributed by atoms with Crippen molar-refractivity contribution in [2.45, 2.75) is 0 Å². The highest BCUT2D eigenvalue weighted by Crippen LogP contribution is 2.34. The van der Waals surface area contributed by atoms with E-state index >= 15 is 0 Å². The molecule has 86 valence electrons. The summed E-state index contributed by atoms with van der Waals surface area (Å²) in [7, 11) is 1.72. The molecule has 1 aromatic carbocycles. The van der Waals surface area contributed by atoms with Crippen LogP contribution in [-0.2, 0) is 4.79 Å². The molecule has 0 saturated heterocycles. The maximum absolute atomic E-state index is 11.4. The van der Waals surface area contributed by atoms with Crippen molar-refractivity contribution in [2.75, 3.05) is 31.7 Å². The smallest absolute Gasteiger partial charge is 0.264 e. The topological polar surface area (TPSA) is 64.8 Å². The summed E-state index contributed by atoms with van der Waals surface area (Å²) in [5.74, 6) is 1.32. The molecular weight excluding hydrogens is 208 g/mol. The molecule has 1 aromatic rings. The van der Waals surface area contributed by atoms with Crippen LogP contribution in [0.2, 0.25) is 0 Å². The van der Waals surface area contributed by atoms with Crippen LogP contribution in [-0.4, -0.2) is 32.7 Å². The van der Waals surface area contributed by atoms with Crippen LogP contribution in [0, 0.1) is 0 Å². The number of nitrogens with zero attached hydrogens (tertiary/aromatic N) is 1. The highest BCUT2D eigenvalue weighted by atomic mass is 16.5. The van der Waals surface area contributed by atoms with Gasteiger partial charge in [-0.3, -0.25) is 4.79 Å². The molecule has 0 unspecified atom stereocenters. The van der Waals surface area contributed by atoms with E-state index < -0.39 is 0 Å². The van der Waals surface area contributed by atoms with Gasteiger partial charge in [0.05, 0.1) is 5.69 Å². The molecule has 0 spiro atoms. The van der Waals surface area contributed by atoms with Crippen molar-refractivity contribution in [1.82, 2.24) is 0 Å². The van der Waals surface area contributed by atoms with Gasteiger partial charge in [0.1, 0.15) is 18.1 Å². The van der Waals surface area contributed by atoms with E-state index in [0.29, 0.717) is 24.7 Å². The number of likely N-dealkylation sites (N-methyl/N-ethyl adjacent to an activating group) is 1. The van der Waals surface area contributed by atoms with Crippen molar-refractivity contribution < 1.29 is 14.3 Å². The van der Waals surface area contributed by atoms with Crippen LogP contribution in [0.25, 0.3) is 0 Å². The average molecular weight is 222 g/mol. The lowest BCUT2D eigenvalue weighted by Gasteiger charge is -2.26. The molecule has 0 aliphatic carbocycles. The lowest BCUT2D eigenvalue weighted by Crippen LogP contribution is -2.35. The number of anilines is 1. The van der Waals surface area contributed by atoms with Crippen molar-refractivity contribution in [2.24, 2.45) is 5.73 Å². The third-order valence-corrected chi connectivity index (χ3v) is 2.40. The fraction of sp³-hybridized carbons (Fsp3) is 0.364. The summed E-state index contributed by atoms with van der Waals surface area (Å²) in [6, 6.07) is 5.38. The Morgan fingerprint density at radius 1 is 1.56 bits per heavy atom. The average Bonchev–Trinajstić information content (AvgIpc) is 2.31. The summed E-state index contributed by atoms with van der Waals surface area (Å²) < 4.78 is 10.7. The molecule has 1 heterocycles. The SMILES string of the molecule is CN1C(=O)COc2ccc(OCCN)cc21. The first kappa shape index (κ1) is 10.8. The number of carbonyl (C=O) groups excluding carboxylic acids is 1. The van der Waals surface area contributed by atoms with E-state index in [4.69, 9.17) is 15.2 Å². The van der Waals surface area contributed by atoms with E-state index in [1.165, 1.54) is 0 Å². The van der Waals surface area contributed by atoms with Crippen LogP contribution in [0.3, 0.4) is 0 Å². The molecule has 5 nitrogen and oxygen atoms in total. The van der Waals surface area contributed by atoms with Crippen LogP contribution in [0.4, 0.5) is 5.69 Å². The minimum absolute atomic E-state index is 0.0662. The molecule has 0 radical (unpaired) electrons. The number of amides is 1. The van der Waals surface area contributed by atoms with Gasteiger partial charge in [-0.25, -0.2) is 0 Å². The maximum atomic E-state index is 11.4. The Morgan fingerprint density at radius 2 is 2.38 bits per heavy atom. The molecule has 1 aliphatic heterocycles. The number of carbonyl (C=O) groups is 1. The van der Waals surface area contributed by atoms with Crippen molar-refractivity contribution in [1.29, 1.82) is 0 Å². The molecule has 0 fully saturated rings. The summed E-state index contributed by atoms with van der Waals surface area (Å²) in [5.41, 5.74) is 6.08. The number of hydrogen-bond acceptors (Lipinski definition) is 4. The van der Waals surface area contributed by atoms with Crippen LogP contribution in [0.15, 0.2) is 18.2 Å². The Morgan fingerprint density at radius 3 is 3.12 bits per heavy atom. The number of nitrogens with two attached hydrogens (primary N) is 1. The van der Waals surface area contributed by atoms with E-state index in [1.54, 1.807) is 30.1 Å². The fourth-order valence-electron chi connectivity index (χ4n) is 1.52. The largest absolute Gasteiger partial charge is 0.492 e. The number of fused-ring (bicyclic) bond motifs is 1. The standard InChI is InChI=1S/C11H14N2O3/c1-13-9-6-8(15-5-4-12)2-3-10(9)16-7-11(13)14/h2-3,6H,4-5,7,12H2,1H3. The lowest BCUT2D eigenvalue weighted by atomic mass is 10.2. The van der Waals surface area contributed by atoms with Crippen molar-refractivity contribution >= 4 is 11.6 Å². The number of benzene rings is 1. The quantitative estimate of drug-likeness (QED) is 0.803. The summed E-state index contributed by atoms with van der Waals surface area (Å²) in [6.07, 6.45) is 0. The highest BCUT2D eigenvalue weighted by Gasteiger charge is 2.22. The Hall–Kier alpha value is -1.75. The Kier molecular flexibility index (Phi) is 2.96. The van der Waals surface area contributed by atoms with E-state index in [9.17, 15) is 4.79 Å². The van der Waals surface area contributed by atoms with Gasteiger partial charge in [0.25, 0.3) is 5.91 Å². The van der Waals surface area contributed by atoms with E-state index in [1.807, 2.05) is 0 Å². The third-order valence-electron chi connectivity index (χ3n) is 2.40. The molecule has 2 N–H and O–H groups in total. The van der Waals surface area contributed by atoms with E-state index in [2.05, 4.69) is 0 Å². The summed E-state index contributed by atoms with van der Waals surface area (Å²) in [6.45, 7) is 1.01. The zero-order valence-corrected chi connectivity index (χ0v) is 9.10. The Balaban J connectivity index is 2.25. The maximum Gasteiger partial charge on any atom is 0.264 e. The monoisotopic (exact) mass is 222 g/mol. The minimum atomic E-state index is -0.0662. The van der Waals surface area contributed by atoms with Crippen molar-refractivity contribution in [3.63, 3.8) is 0 Å². The second-order valence-corrected chi connectivity index (χ2v) is 3.51. The van der Waals surface area contributed by atoms with Crippen molar-refractivity contribution in [3.05, 3.63) is 18.2 Å². The second kappa shape index (κ2) is 4.40. The van der Waals surface area contributed by atoms with E-state index in [0.717, 1.165) is 5.69 Å².